The molecule has 4 heteroatoms. The van der Waals surface area contributed by atoms with E-state index in [1.165, 1.54) is 0 Å². The summed E-state index contributed by atoms with van der Waals surface area (Å²) in [5, 5.41) is 2.85. The van der Waals surface area contributed by atoms with Crippen LogP contribution in [0.15, 0.2) is 30.3 Å². The summed E-state index contributed by atoms with van der Waals surface area (Å²) in [5.41, 5.74) is 6.94. The lowest BCUT2D eigenvalue weighted by Gasteiger charge is -2.11. The number of carbonyl (C=O) groups is 1. The predicted molar refractivity (Wildman–Crippen MR) is 81.2 cm³/mol. The molecule has 1 rings (SSSR count). The van der Waals surface area contributed by atoms with Gasteiger partial charge in [0.25, 0.3) is 0 Å². The van der Waals surface area contributed by atoms with Gasteiger partial charge in [0.05, 0.1) is 12.6 Å². The van der Waals surface area contributed by atoms with E-state index in [0.29, 0.717) is 19.8 Å². The van der Waals surface area contributed by atoms with E-state index in [2.05, 4.69) is 12.2 Å². The van der Waals surface area contributed by atoms with E-state index in [0.717, 1.165) is 31.2 Å². The van der Waals surface area contributed by atoms with Crippen molar-refractivity contribution in [3.63, 3.8) is 0 Å². The Labute approximate surface area is 121 Å². The van der Waals surface area contributed by atoms with E-state index in [1.54, 1.807) is 0 Å². The Balaban J connectivity index is 2.00. The Bertz CT molecular complexity index is 368. The minimum Gasteiger partial charge on any atom is -0.377 e. The Morgan fingerprint density at radius 2 is 2.05 bits per heavy atom. The minimum atomic E-state index is -0.375. The fourth-order valence-corrected chi connectivity index (χ4v) is 1.84. The van der Waals surface area contributed by atoms with Gasteiger partial charge in [-0.2, -0.15) is 0 Å². The SMILES string of the molecule is CCCC[C@H](N)C(=O)NCCCOCc1ccccc1. The van der Waals surface area contributed by atoms with E-state index in [9.17, 15) is 4.79 Å². The first-order chi connectivity index (χ1) is 9.74. The van der Waals surface area contributed by atoms with Gasteiger partial charge in [-0.25, -0.2) is 0 Å². The molecule has 0 aliphatic carbocycles. The molecule has 1 aromatic rings. The number of hydrogen-bond donors (Lipinski definition) is 2. The van der Waals surface area contributed by atoms with Crippen molar-refractivity contribution in [3.8, 4) is 0 Å². The van der Waals surface area contributed by atoms with E-state index >= 15 is 0 Å². The second-order valence-corrected chi connectivity index (χ2v) is 4.93. The van der Waals surface area contributed by atoms with Crippen LogP contribution < -0.4 is 11.1 Å². The third-order valence-corrected chi connectivity index (χ3v) is 3.08. The highest BCUT2D eigenvalue weighted by Crippen LogP contribution is 2.01. The molecule has 4 nitrogen and oxygen atoms in total. The lowest BCUT2D eigenvalue weighted by molar-refractivity contribution is -0.122. The third-order valence-electron chi connectivity index (χ3n) is 3.08. The standard InChI is InChI=1S/C16H26N2O2/c1-2-3-10-15(17)16(19)18-11-7-12-20-13-14-8-5-4-6-9-14/h4-6,8-9,15H,2-3,7,10-13,17H2,1H3,(H,18,19)/t15-/m0/s1. The maximum absolute atomic E-state index is 11.6. The molecule has 1 aromatic carbocycles. The summed E-state index contributed by atoms with van der Waals surface area (Å²) in [6.45, 7) is 3.96. The second kappa shape index (κ2) is 10.4. The smallest absolute Gasteiger partial charge is 0.236 e. The molecule has 0 saturated heterocycles. The Morgan fingerprint density at radius 1 is 1.30 bits per heavy atom. The number of amides is 1. The summed E-state index contributed by atoms with van der Waals surface area (Å²) in [6, 6.07) is 9.68. The normalized spacial score (nSPS) is 12.1. The molecule has 0 fully saturated rings. The van der Waals surface area contributed by atoms with E-state index in [4.69, 9.17) is 10.5 Å². The average molecular weight is 278 g/mol. The largest absolute Gasteiger partial charge is 0.377 e. The summed E-state index contributed by atoms with van der Waals surface area (Å²) in [7, 11) is 0. The highest BCUT2D eigenvalue weighted by molar-refractivity contribution is 5.81. The monoisotopic (exact) mass is 278 g/mol. The number of rotatable bonds is 10. The van der Waals surface area contributed by atoms with Gasteiger partial charge >= 0.3 is 0 Å². The number of benzene rings is 1. The van der Waals surface area contributed by atoms with Crippen LogP contribution in [0.25, 0.3) is 0 Å². The molecule has 112 valence electrons. The molecular weight excluding hydrogens is 252 g/mol. The van der Waals surface area contributed by atoms with Crippen LogP contribution >= 0.6 is 0 Å². The number of carbonyl (C=O) groups excluding carboxylic acids is 1. The summed E-state index contributed by atoms with van der Waals surface area (Å²) < 4.78 is 5.54. The highest BCUT2D eigenvalue weighted by atomic mass is 16.5. The van der Waals surface area contributed by atoms with Gasteiger partial charge in [-0.1, -0.05) is 50.1 Å². The first kappa shape index (κ1) is 16.7. The average Bonchev–Trinajstić information content (AvgIpc) is 2.49. The first-order valence-corrected chi connectivity index (χ1v) is 7.39. The van der Waals surface area contributed by atoms with Crippen LogP contribution in [0.3, 0.4) is 0 Å². The molecule has 0 saturated carbocycles. The number of hydrogen-bond acceptors (Lipinski definition) is 3. The number of nitrogens with two attached hydrogens (primary N) is 1. The quantitative estimate of drug-likeness (QED) is 0.645. The van der Waals surface area contributed by atoms with Crippen LogP contribution in [0.4, 0.5) is 0 Å². The molecule has 0 radical (unpaired) electrons. The fourth-order valence-electron chi connectivity index (χ4n) is 1.84. The third kappa shape index (κ3) is 7.26. The van der Waals surface area contributed by atoms with Crippen LogP contribution in [0, 0.1) is 0 Å². The summed E-state index contributed by atoms with van der Waals surface area (Å²) in [5.74, 6) is -0.0542. The van der Waals surface area contributed by atoms with Crippen molar-refractivity contribution >= 4 is 5.91 Å². The molecule has 1 atom stereocenters. The minimum absolute atomic E-state index is 0.0542. The molecule has 3 N–H and O–H groups in total. The highest BCUT2D eigenvalue weighted by Gasteiger charge is 2.11. The van der Waals surface area contributed by atoms with Crippen molar-refractivity contribution in [1.82, 2.24) is 5.32 Å². The molecule has 0 aliphatic heterocycles. The zero-order valence-electron chi connectivity index (χ0n) is 12.3. The Morgan fingerprint density at radius 3 is 2.75 bits per heavy atom. The van der Waals surface area contributed by atoms with E-state index in [-0.39, 0.29) is 11.9 Å². The van der Waals surface area contributed by atoms with Crippen molar-refractivity contribution in [1.29, 1.82) is 0 Å². The van der Waals surface area contributed by atoms with Gasteiger partial charge < -0.3 is 15.8 Å². The van der Waals surface area contributed by atoms with Gasteiger partial charge in [-0.3, -0.25) is 4.79 Å². The summed E-state index contributed by atoms with van der Waals surface area (Å²) in [4.78, 5) is 11.6. The maximum Gasteiger partial charge on any atom is 0.236 e. The molecule has 1 amide bonds. The van der Waals surface area contributed by atoms with Crippen molar-refractivity contribution < 1.29 is 9.53 Å². The van der Waals surface area contributed by atoms with Gasteiger partial charge in [0.2, 0.25) is 5.91 Å². The predicted octanol–water partition coefficient (Wildman–Crippen LogP) is 2.23. The van der Waals surface area contributed by atoms with Crippen molar-refractivity contribution in [2.75, 3.05) is 13.2 Å². The number of unbranched alkanes of at least 4 members (excludes halogenated alkanes) is 1. The van der Waals surface area contributed by atoms with Crippen LogP contribution in [-0.4, -0.2) is 25.1 Å². The topological polar surface area (TPSA) is 64.4 Å². The summed E-state index contributed by atoms with van der Waals surface area (Å²) >= 11 is 0. The summed E-state index contributed by atoms with van der Waals surface area (Å²) in [6.07, 6.45) is 3.62. The molecule has 0 bridgehead atoms. The van der Waals surface area contributed by atoms with Crippen molar-refractivity contribution in [2.45, 2.75) is 45.3 Å². The lowest BCUT2D eigenvalue weighted by atomic mass is 10.1. The Hall–Kier alpha value is -1.39. The van der Waals surface area contributed by atoms with Crippen LogP contribution in [-0.2, 0) is 16.1 Å². The molecule has 0 aromatic heterocycles. The van der Waals surface area contributed by atoms with Crippen LogP contribution in [0.2, 0.25) is 0 Å². The van der Waals surface area contributed by atoms with Gasteiger partial charge in [-0.05, 0) is 18.4 Å². The molecular formula is C16H26N2O2. The number of nitrogens with one attached hydrogen (secondary N) is 1. The van der Waals surface area contributed by atoms with Crippen molar-refractivity contribution in [2.24, 2.45) is 5.73 Å². The van der Waals surface area contributed by atoms with E-state index < -0.39 is 0 Å². The number of ether oxygens (including phenoxy) is 1. The first-order valence-electron chi connectivity index (χ1n) is 7.39. The van der Waals surface area contributed by atoms with Gasteiger partial charge in [0.15, 0.2) is 0 Å². The van der Waals surface area contributed by atoms with Gasteiger partial charge in [0, 0.05) is 13.2 Å². The maximum atomic E-state index is 11.6. The second-order valence-electron chi connectivity index (χ2n) is 4.93. The molecule has 20 heavy (non-hydrogen) atoms. The van der Waals surface area contributed by atoms with Gasteiger partial charge in [0.1, 0.15) is 0 Å². The fraction of sp³-hybridized carbons (Fsp3) is 0.562. The van der Waals surface area contributed by atoms with Crippen LogP contribution in [0.5, 0.6) is 0 Å². The van der Waals surface area contributed by atoms with E-state index in [1.807, 2.05) is 30.3 Å². The van der Waals surface area contributed by atoms with Gasteiger partial charge in [-0.15, -0.1) is 0 Å². The van der Waals surface area contributed by atoms with Crippen LogP contribution in [0.1, 0.15) is 38.2 Å². The van der Waals surface area contributed by atoms with Crippen molar-refractivity contribution in [3.05, 3.63) is 35.9 Å². The zero-order chi connectivity index (χ0) is 14.6. The lowest BCUT2D eigenvalue weighted by Crippen LogP contribution is -2.41. The molecule has 0 heterocycles. The molecule has 0 unspecified atom stereocenters. The zero-order valence-corrected chi connectivity index (χ0v) is 12.3. The Kier molecular flexibility index (Phi) is 8.67. The molecule has 0 aliphatic rings. The molecule has 0 spiro atoms.